The first-order chi connectivity index (χ1) is 13.6. The summed E-state index contributed by atoms with van der Waals surface area (Å²) in [7, 11) is 0. The molecule has 148 valence electrons. The van der Waals surface area contributed by atoms with E-state index in [9.17, 15) is 9.59 Å². The van der Waals surface area contributed by atoms with Gasteiger partial charge in [0.2, 0.25) is 0 Å². The first kappa shape index (κ1) is 21.2. The minimum absolute atomic E-state index is 0.102. The van der Waals surface area contributed by atoms with Crippen LogP contribution in [0.15, 0.2) is 60.3 Å². The zero-order chi connectivity index (χ0) is 20.2. The summed E-state index contributed by atoms with van der Waals surface area (Å²) in [6, 6.07) is 16.0. The summed E-state index contributed by atoms with van der Waals surface area (Å²) in [5.41, 5.74) is 1.29. The summed E-state index contributed by atoms with van der Waals surface area (Å²) in [4.78, 5) is 24.9. The van der Waals surface area contributed by atoms with Crippen molar-refractivity contribution in [3.63, 3.8) is 0 Å². The average Bonchev–Trinajstić information content (AvgIpc) is 2.73. The third-order valence-corrected chi connectivity index (χ3v) is 3.88. The number of carbonyl (C=O) groups is 2. The molecule has 0 aliphatic carbocycles. The molecule has 28 heavy (non-hydrogen) atoms. The molecule has 0 fully saturated rings. The van der Waals surface area contributed by atoms with E-state index in [1.807, 2.05) is 30.3 Å². The number of unbranched alkanes of at least 4 members (excludes halogenated alkanes) is 1. The predicted molar refractivity (Wildman–Crippen MR) is 109 cm³/mol. The smallest absolute Gasteiger partial charge is 0.267 e. The number of benzene rings is 2. The lowest BCUT2D eigenvalue weighted by molar-refractivity contribution is -0.117. The molecule has 6 nitrogen and oxygen atoms in total. The fourth-order valence-corrected chi connectivity index (χ4v) is 2.37. The molecule has 2 aromatic carbocycles. The summed E-state index contributed by atoms with van der Waals surface area (Å²) in [6.07, 6.45) is 3.61. The number of hydrogen-bond donors (Lipinski definition) is 3. The highest BCUT2D eigenvalue weighted by atomic mass is 16.5. The van der Waals surface area contributed by atoms with Crippen LogP contribution in [0.3, 0.4) is 0 Å². The number of amides is 2. The number of carbonyl (C=O) groups excluding carboxylic acids is 2. The van der Waals surface area contributed by atoms with Gasteiger partial charge in [0.1, 0.15) is 11.4 Å². The van der Waals surface area contributed by atoms with Crippen molar-refractivity contribution in [3.8, 4) is 5.75 Å². The Hall–Kier alpha value is -3.12. The molecule has 0 spiro atoms. The second kappa shape index (κ2) is 11.6. The Kier molecular flexibility index (Phi) is 8.75. The molecule has 6 heteroatoms. The molecule has 0 aliphatic heterocycles. The molecule has 0 saturated heterocycles. The second-order valence-electron chi connectivity index (χ2n) is 6.13. The Bertz CT molecular complexity index is 786. The maximum absolute atomic E-state index is 12.6. The fraction of sp³-hybridized carbons (Fsp3) is 0.273. The Morgan fingerprint density at radius 2 is 1.79 bits per heavy atom. The van der Waals surface area contributed by atoms with Gasteiger partial charge in [-0.3, -0.25) is 9.59 Å². The van der Waals surface area contributed by atoms with E-state index in [0.29, 0.717) is 17.9 Å². The minimum atomic E-state index is -0.467. The van der Waals surface area contributed by atoms with Gasteiger partial charge < -0.3 is 20.5 Å². The zero-order valence-electron chi connectivity index (χ0n) is 16.0. The first-order valence-electron chi connectivity index (χ1n) is 9.34. The Morgan fingerprint density at radius 3 is 2.43 bits per heavy atom. The normalized spacial score (nSPS) is 11.0. The molecule has 2 aromatic rings. The largest absolute Gasteiger partial charge is 0.494 e. The van der Waals surface area contributed by atoms with Crippen LogP contribution in [0, 0.1) is 0 Å². The standard InChI is InChI=1S/C22H26N2O4/c1-2-3-15-28-19-11-9-18(10-12-19)21(26)24-20(22(27)23-13-14-25)16-17-7-5-4-6-8-17/h4-12,16,25H,2-3,13-15H2,1H3,(H,23,27)(H,24,26)/b20-16+. The van der Waals surface area contributed by atoms with Crippen molar-refractivity contribution in [2.45, 2.75) is 19.8 Å². The van der Waals surface area contributed by atoms with Crippen molar-refractivity contribution < 1.29 is 19.4 Å². The third-order valence-electron chi connectivity index (χ3n) is 3.88. The van der Waals surface area contributed by atoms with Gasteiger partial charge in [-0.1, -0.05) is 43.7 Å². The number of hydrogen-bond acceptors (Lipinski definition) is 4. The van der Waals surface area contributed by atoms with Crippen LogP contribution in [0.5, 0.6) is 5.75 Å². The van der Waals surface area contributed by atoms with Crippen LogP contribution < -0.4 is 15.4 Å². The number of aliphatic hydroxyl groups is 1. The minimum Gasteiger partial charge on any atom is -0.494 e. The van der Waals surface area contributed by atoms with E-state index in [1.54, 1.807) is 30.3 Å². The Balaban J connectivity index is 2.11. The van der Waals surface area contributed by atoms with Gasteiger partial charge in [0.25, 0.3) is 11.8 Å². The molecular weight excluding hydrogens is 356 g/mol. The van der Waals surface area contributed by atoms with Gasteiger partial charge in [-0.2, -0.15) is 0 Å². The number of rotatable bonds is 10. The van der Waals surface area contributed by atoms with Gasteiger partial charge in [-0.15, -0.1) is 0 Å². The van der Waals surface area contributed by atoms with E-state index in [-0.39, 0.29) is 18.8 Å². The molecule has 0 radical (unpaired) electrons. The number of nitrogens with one attached hydrogen (secondary N) is 2. The molecule has 0 atom stereocenters. The van der Waals surface area contributed by atoms with Gasteiger partial charge in [-0.25, -0.2) is 0 Å². The van der Waals surface area contributed by atoms with E-state index < -0.39 is 11.8 Å². The van der Waals surface area contributed by atoms with Gasteiger partial charge in [-0.05, 0) is 42.3 Å². The van der Waals surface area contributed by atoms with E-state index >= 15 is 0 Å². The molecule has 0 unspecified atom stereocenters. The summed E-state index contributed by atoms with van der Waals surface area (Å²) in [6.45, 7) is 2.65. The lowest BCUT2D eigenvalue weighted by Gasteiger charge is -2.11. The van der Waals surface area contributed by atoms with Gasteiger partial charge >= 0.3 is 0 Å². The molecule has 3 N–H and O–H groups in total. The van der Waals surface area contributed by atoms with E-state index in [4.69, 9.17) is 9.84 Å². The zero-order valence-corrected chi connectivity index (χ0v) is 16.0. The van der Waals surface area contributed by atoms with Crippen molar-refractivity contribution in [3.05, 3.63) is 71.4 Å². The summed E-state index contributed by atoms with van der Waals surface area (Å²) >= 11 is 0. The molecule has 0 saturated carbocycles. The molecule has 0 heterocycles. The van der Waals surface area contributed by atoms with Crippen LogP contribution in [0.25, 0.3) is 6.08 Å². The maximum atomic E-state index is 12.6. The SMILES string of the molecule is CCCCOc1ccc(C(=O)N/C(=C/c2ccccc2)C(=O)NCCO)cc1. The van der Waals surface area contributed by atoms with Crippen molar-refractivity contribution in [2.75, 3.05) is 19.8 Å². The predicted octanol–water partition coefficient (Wildman–Crippen LogP) is 2.74. The Morgan fingerprint density at radius 1 is 1.07 bits per heavy atom. The molecule has 2 rings (SSSR count). The van der Waals surface area contributed by atoms with Crippen LogP contribution in [0.4, 0.5) is 0 Å². The topological polar surface area (TPSA) is 87.7 Å². The maximum Gasteiger partial charge on any atom is 0.267 e. The van der Waals surface area contributed by atoms with Gasteiger partial charge in [0, 0.05) is 12.1 Å². The number of ether oxygens (including phenoxy) is 1. The van der Waals surface area contributed by atoms with Crippen molar-refractivity contribution in [1.82, 2.24) is 10.6 Å². The number of aliphatic hydroxyl groups excluding tert-OH is 1. The average molecular weight is 382 g/mol. The van der Waals surface area contributed by atoms with Crippen molar-refractivity contribution in [2.24, 2.45) is 0 Å². The fourth-order valence-electron chi connectivity index (χ4n) is 2.37. The highest BCUT2D eigenvalue weighted by Gasteiger charge is 2.14. The highest BCUT2D eigenvalue weighted by molar-refractivity contribution is 6.05. The van der Waals surface area contributed by atoms with Crippen LogP contribution in [-0.4, -0.2) is 36.7 Å². The van der Waals surface area contributed by atoms with Crippen molar-refractivity contribution >= 4 is 17.9 Å². The van der Waals surface area contributed by atoms with E-state index in [1.165, 1.54) is 0 Å². The quantitative estimate of drug-likeness (QED) is 0.436. The lowest BCUT2D eigenvalue weighted by atomic mass is 10.1. The molecule has 0 aromatic heterocycles. The molecule has 2 amide bonds. The van der Waals surface area contributed by atoms with Crippen LogP contribution in [0.1, 0.15) is 35.7 Å². The second-order valence-corrected chi connectivity index (χ2v) is 6.13. The van der Waals surface area contributed by atoms with Gasteiger partial charge in [0.05, 0.1) is 13.2 Å². The Labute approximate surface area is 165 Å². The van der Waals surface area contributed by atoms with E-state index in [0.717, 1.165) is 18.4 Å². The third kappa shape index (κ3) is 6.89. The van der Waals surface area contributed by atoms with Gasteiger partial charge in [0.15, 0.2) is 0 Å². The molecular formula is C22H26N2O4. The summed E-state index contributed by atoms with van der Waals surface area (Å²) in [5.74, 6) is -0.169. The van der Waals surface area contributed by atoms with Crippen molar-refractivity contribution in [1.29, 1.82) is 0 Å². The monoisotopic (exact) mass is 382 g/mol. The molecule has 0 bridgehead atoms. The van der Waals surface area contributed by atoms with Crippen LogP contribution >= 0.6 is 0 Å². The summed E-state index contributed by atoms with van der Waals surface area (Å²) < 4.78 is 5.59. The highest BCUT2D eigenvalue weighted by Crippen LogP contribution is 2.13. The first-order valence-corrected chi connectivity index (χ1v) is 9.34. The summed E-state index contributed by atoms with van der Waals surface area (Å²) in [5, 5.41) is 14.1. The van der Waals surface area contributed by atoms with Crippen LogP contribution in [0.2, 0.25) is 0 Å². The van der Waals surface area contributed by atoms with E-state index in [2.05, 4.69) is 17.6 Å². The molecule has 0 aliphatic rings. The lowest BCUT2D eigenvalue weighted by Crippen LogP contribution is -2.36. The van der Waals surface area contributed by atoms with Crippen LogP contribution in [-0.2, 0) is 4.79 Å².